The summed E-state index contributed by atoms with van der Waals surface area (Å²) in [4.78, 5) is 37.1. The summed E-state index contributed by atoms with van der Waals surface area (Å²) in [5.41, 5.74) is 0. The molecule has 0 aromatic carbocycles. The largest absolute Gasteiger partial charge is 0.544 e. The third-order valence-corrected chi connectivity index (χ3v) is 11.7. The van der Waals surface area contributed by atoms with Crippen molar-refractivity contribution >= 4 is 17.9 Å². The average molecular weight is 886 g/mol. The first kappa shape index (κ1) is 60.3. The number of hydrogen-bond donors (Lipinski definition) is 0. The third kappa shape index (κ3) is 44.3. The number of carboxylic acids is 1. The van der Waals surface area contributed by atoms with E-state index in [1.165, 1.54) is 128 Å². The number of likely N-dealkylation sites (N-methyl/N-ethyl adjacent to an activating group) is 1. The molecule has 2 atom stereocenters. The van der Waals surface area contributed by atoms with Gasteiger partial charge in [-0.25, -0.2) is 0 Å². The lowest BCUT2D eigenvalue weighted by atomic mass is 10.0. The first-order chi connectivity index (χ1) is 30.6. The summed E-state index contributed by atoms with van der Waals surface area (Å²) >= 11 is 0. The van der Waals surface area contributed by atoms with Gasteiger partial charge < -0.3 is 28.6 Å². The predicted molar refractivity (Wildman–Crippen MR) is 263 cm³/mol. The zero-order valence-electron chi connectivity index (χ0n) is 41.7. The first-order valence-electron chi connectivity index (χ1n) is 26.2. The zero-order valence-corrected chi connectivity index (χ0v) is 41.7. The van der Waals surface area contributed by atoms with E-state index in [1.54, 1.807) is 21.1 Å². The number of quaternary nitrogens is 1. The summed E-state index contributed by atoms with van der Waals surface area (Å²) < 4.78 is 17.3. The van der Waals surface area contributed by atoms with Crippen molar-refractivity contribution < 1.29 is 38.2 Å². The summed E-state index contributed by atoms with van der Waals surface area (Å²) in [6, 6.07) is -0.728. The van der Waals surface area contributed by atoms with Gasteiger partial charge in [-0.2, -0.15) is 0 Å². The Morgan fingerprint density at radius 1 is 0.492 bits per heavy atom. The molecule has 2 unspecified atom stereocenters. The Morgan fingerprint density at radius 2 is 0.889 bits per heavy atom. The second kappa shape index (κ2) is 45.8. The Labute approximate surface area is 388 Å². The number of rotatable bonds is 47. The Hall–Kier alpha value is -2.71. The lowest BCUT2D eigenvalue weighted by Crippen LogP contribution is -2.55. The van der Waals surface area contributed by atoms with Crippen molar-refractivity contribution in [1.82, 2.24) is 0 Å². The van der Waals surface area contributed by atoms with Crippen molar-refractivity contribution in [3.8, 4) is 0 Å². The Kier molecular flexibility index (Phi) is 43.9. The monoisotopic (exact) mass is 886 g/mol. The topological polar surface area (TPSA) is 102 Å². The predicted octanol–water partition coefficient (Wildman–Crippen LogP) is 13.8. The minimum atomic E-state index is -1.13. The van der Waals surface area contributed by atoms with Crippen LogP contribution >= 0.6 is 0 Å². The van der Waals surface area contributed by atoms with Crippen molar-refractivity contribution in [3.63, 3.8) is 0 Å². The molecule has 63 heavy (non-hydrogen) atoms. The molecule has 0 aromatic heterocycles. The second-order valence-electron chi connectivity index (χ2n) is 18.7. The molecule has 8 nitrogen and oxygen atoms in total. The van der Waals surface area contributed by atoms with Gasteiger partial charge in [0.25, 0.3) is 0 Å². The number of carbonyl (C=O) groups is 3. The van der Waals surface area contributed by atoms with E-state index < -0.39 is 18.1 Å². The van der Waals surface area contributed by atoms with Crippen LogP contribution in [0.5, 0.6) is 0 Å². The number of carbonyl (C=O) groups excluding carboxylic acids is 3. The zero-order chi connectivity index (χ0) is 46.3. The molecule has 0 rings (SSSR count). The molecule has 0 aliphatic heterocycles. The van der Waals surface area contributed by atoms with Gasteiger partial charge in [0.1, 0.15) is 12.6 Å². The lowest BCUT2D eigenvalue weighted by molar-refractivity contribution is -0.889. The quantitative estimate of drug-likeness (QED) is 0.0259. The van der Waals surface area contributed by atoms with Gasteiger partial charge in [-0.05, 0) is 70.6 Å². The number of esters is 2. The van der Waals surface area contributed by atoms with E-state index in [1.807, 2.05) is 0 Å². The maximum atomic E-state index is 12.8. The minimum absolute atomic E-state index is 0.0374. The van der Waals surface area contributed by atoms with Crippen LogP contribution in [0.1, 0.15) is 232 Å². The Balaban J connectivity index is 4.23. The van der Waals surface area contributed by atoms with Crippen LogP contribution in [-0.4, -0.2) is 75.5 Å². The summed E-state index contributed by atoms with van der Waals surface area (Å²) in [5, 5.41) is 11.7. The van der Waals surface area contributed by atoms with Gasteiger partial charge in [0.2, 0.25) is 0 Å². The molecule has 366 valence electrons. The molecule has 0 N–H and O–H groups in total. The maximum absolute atomic E-state index is 12.8. The lowest BCUT2D eigenvalue weighted by Gasteiger charge is -2.34. The average Bonchev–Trinajstić information content (AvgIpc) is 3.24. The van der Waals surface area contributed by atoms with Gasteiger partial charge >= 0.3 is 11.9 Å². The van der Waals surface area contributed by atoms with Crippen molar-refractivity contribution in [1.29, 1.82) is 0 Å². The Bertz CT molecular complexity index is 1170. The molecule has 0 aromatic rings. The van der Waals surface area contributed by atoms with E-state index in [9.17, 15) is 19.5 Å². The number of allylic oxidation sites excluding steroid dienone is 8. The highest BCUT2D eigenvalue weighted by atomic mass is 16.6. The molecule has 0 aliphatic carbocycles. The van der Waals surface area contributed by atoms with E-state index in [2.05, 4.69) is 62.5 Å². The molecule has 0 spiro atoms. The summed E-state index contributed by atoms with van der Waals surface area (Å²) in [6.07, 6.45) is 55.7. The first-order valence-corrected chi connectivity index (χ1v) is 26.2. The van der Waals surface area contributed by atoms with Crippen LogP contribution in [0.4, 0.5) is 0 Å². The number of unbranched alkanes of at least 4 members (excludes halogenated alkanes) is 25. The van der Waals surface area contributed by atoms with E-state index in [0.717, 1.165) is 70.6 Å². The van der Waals surface area contributed by atoms with Crippen molar-refractivity contribution in [2.75, 3.05) is 41.0 Å². The molecule has 8 heteroatoms. The highest BCUT2D eigenvalue weighted by molar-refractivity contribution is 5.70. The van der Waals surface area contributed by atoms with Gasteiger partial charge in [0.05, 0.1) is 40.3 Å². The highest BCUT2D eigenvalue weighted by Gasteiger charge is 2.25. The van der Waals surface area contributed by atoms with Gasteiger partial charge in [0.15, 0.2) is 6.10 Å². The number of ether oxygens (including phenoxy) is 3. The number of hydrogen-bond acceptors (Lipinski definition) is 7. The fraction of sp³-hybridized carbons (Fsp3) is 0.800. The van der Waals surface area contributed by atoms with E-state index in [0.29, 0.717) is 12.8 Å². The van der Waals surface area contributed by atoms with Crippen molar-refractivity contribution in [2.45, 2.75) is 244 Å². The fourth-order valence-electron chi connectivity index (χ4n) is 7.67. The van der Waals surface area contributed by atoms with E-state index in [4.69, 9.17) is 14.2 Å². The molecule has 0 saturated carbocycles. The van der Waals surface area contributed by atoms with Gasteiger partial charge in [-0.15, -0.1) is 0 Å². The Morgan fingerprint density at radius 3 is 1.33 bits per heavy atom. The standard InChI is InChI=1S/C55H99NO7/c1-6-8-10-12-14-16-18-20-22-24-26-27-28-30-31-33-35-37-39-41-43-45-53(57)62-50-51(49-61-48-47-52(55(59)60)56(3,4)5)63-54(58)46-44-42-40-38-36-34-32-29-25-23-21-19-17-15-13-11-9-7-2/h8,10,14,16,20,22,29,32,51-52H,6-7,9,11-13,15,17-19,21,23-28,30-31,33-50H2,1-5H3/b10-8+,16-14+,22-20+,32-29+. The van der Waals surface area contributed by atoms with Crippen LogP contribution in [0.15, 0.2) is 48.6 Å². The normalized spacial score (nSPS) is 13.2. The SMILES string of the molecule is CC/C=C/C/C=C/C/C=C/CCCCCCCCCCCCCC(=O)OCC(COCCC(C(=O)[O-])[N+](C)(C)C)OC(=O)CCCCCCC/C=C/CCCCCCCCCCC. The van der Waals surface area contributed by atoms with Crippen LogP contribution in [0, 0.1) is 0 Å². The molecule has 0 amide bonds. The van der Waals surface area contributed by atoms with E-state index >= 15 is 0 Å². The molecular formula is C55H99NO7. The highest BCUT2D eigenvalue weighted by Crippen LogP contribution is 2.15. The maximum Gasteiger partial charge on any atom is 0.306 e. The molecule has 0 bridgehead atoms. The van der Waals surface area contributed by atoms with Crippen LogP contribution < -0.4 is 5.11 Å². The molecule has 0 heterocycles. The smallest absolute Gasteiger partial charge is 0.306 e. The van der Waals surface area contributed by atoms with Crippen LogP contribution in [0.3, 0.4) is 0 Å². The molecular weight excluding hydrogens is 787 g/mol. The molecule has 0 fully saturated rings. The van der Waals surface area contributed by atoms with Crippen LogP contribution in [0.25, 0.3) is 0 Å². The molecule has 0 saturated heterocycles. The summed E-state index contributed by atoms with van der Waals surface area (Å²) in [6.45, 7) is 4.57. The summed E-state index contributed by atoms with van der Waals surface area (Å²) in [5.74, 6) is -1.74. The van der Waals surface area contributed by atoms with Gasteiger partial charge in [0, 0.05) is 19.3 Å². The van der Waals surface area contributed by atoms with Crippen molar-refractivity contribution in [2.24, 2.45) is 0 Å². The molecule has 0 radical (unpaired) electrons. The van der Waals surface area contributed by atoms with Crippen LogP contribution in [-0.2, 0) is 28.6 Å². The minimum Gasteiger partial charge on any atom is -0.544 e. The van der Waals surface area contributed by atoms with Gasteiger partial charge in [-0.3, -0.25) is 9.59 Å². The number of aliphatic carboxylic acids is 1. The van der Waals surface area contributed by atoms with Gasteiger partial charge in [-0.1, -0.05) is 191 Å². The third-order valence-electron chi connectivity index (χ3n) is 11.7. The second-order valence-corrected chi connectivity index (χ2v) is 18.7. The van der Waals surface area contributed by atoms with E-state index in [-0.39, 0.29) is 42.7 Å². The number of nitrogens with zero attached hydrogens (tertiary/aromatic N) is 1. The summed E-state index contributed by atoms with van der Waals surface area (Å²) in [7, 11) is 5.42. The molecule has 0 aliphatic rings. The van der Waals surface area contributed by atoms with Crippen LogP contribution in [0.2, 0.25) is 0 Å². The number of carboxylic acid groups (broad SMARTS) is 1. The fourth-order valence-corrected chi connectivity index (χ4v) is 7.67. The van der Waals surface area contributed by atoms with Crippen molar-refractivity contribution in [3.05, 3.63) is 48.6 Å².